The second-order valence-corrected chi connectivity index (χ2v) is 3.82. The number of nitrogens with zero attached hydrogens (tertiary/aromatic N) is 1. The molecule has 0 atom stereocenters. The minimum atomic E-state index is -0.466. The molecule has 5 nitrogen and oxygen atoms in total. The summed E-state index contributed by atoms with van der Waals surface area (Å²) in [5.74, 6) is 0.501. The van der Waals surface area contributed by atoms with Crippen LogP contribution in [-0.2, 0) is 0 Å². The highest BCUT2D eigenvalue weighted by Crippen LogP contribution is 2.18. The summed E-state index contributed by atoms with van der Waals surface area (Å²) in [7, 11) is 0. The van der Waals surface area contributed by atoms with Crippen LogP contribution in [0.15, 0.2) is 36.5 Å². The summed E-state index contributed by atoms with van der Waals surface area (Å²) in [5, 5.41) is 3.56. The van der Waals surface area contributed by atoms with Crippen molar-refractivity contribution in [1.82, 2.24) is 10.3 Å². The fraction of sp³-hybridized carbons (Fsp3) is 0.231. The number of carbonyl (C=O) groups is 1. The van der Waals surface area contributed by atoms with Crippen molar-refractivity contribution in [2.24, 2.45) is 5.73 Å². The monoisotopic (exact) mass is 245 g/mol. The SMILES string of the molecule is NCCCNC(=O)Oc1ccc2ncccc2c1. The Morgan fingerprint density at radius 3 is 3.11 bits per heavy atom. The number of amides is 1. The van der Waals surface area contributed by atoms with Crippen LogP contribution >= 0.6 is 0 Å². The van der Waals surface area contributed by atoms with Gasteiger partial charge in [-0.15, -0.1) is 0 Å². The number of nitrogens with two attached hydrogens (primary N) is 1. The summed E-state index contributed by atoms with van der Waals surface area (Å²) in [4.78, 5) is 15.6. The third kappa shape index (κ3) is 3.18. The van der Waals surface area contributed by atoms with E-state index in [0.717, 1.165) is 17.3 Å². The van der Waals surface area contributed by atoms with Crippen LogP contribution in [-0.4, -0.2) is 24.2 Å². The molecular formula is C13H15N3O2. The fourth-order valence-electron chi connectivity index (χ4n) is 1.55. The molecule has 0 saturated heterocycles. The Bertz CT molecular complexity index is 543. The van der Waals surface area contributed by atoms with Gasteiger partial charge in [0.25, 0.3) is 0 Å². The Morgan fingerprint density at radius 1 is 1.39 bits per heavy atom. The Morgan fingerprint density at radius 2 is 2.28 bits per heavy atom. The molecule has 5 heteroatoms. The quantitative estimate of drug-likeness (QED) is 0.803. The molecule has 2 rings (SSSR count). The number of rotatable bonds is 4. The molecule has 1 amide bonds. The van der Waals surface area contributed by atoms with Gasteiger partial charge in [0.15, 0.2) is 0 Å². The van der Waals surface area contributed by atoms with Gasteiger partial charge < -0.3 is 15.8 Å². The van der Waals surface area contributed by atoms with E-state index in [9.17, 15) is 4.79 Å². The zero-order valence-corrected chi connectivity index (χ0v) is 9.93. The summed E-state index contributed by atoms with van der Waals surface area (Å²) in [6.45, 7) is 1.06. The molecule has 1 heterocycles. The molecular weight excluding hydrogens is 230 g/mol. The average molecular weight is 245 g/mol. The van der Waals surface area contributed by atoms with E-state index >= 15 is 0 Å². The van der Waals surface area contributed by atoms with Crippen molar-refractivity contribution in [2.45, 2.75) is 6.42 Å². The lowest BCUT2D eigenvalue weighted by atomic mass is 10.2. The molecule has 0 aliphatic heterocycles. The second kappa shape index (κ2) is 5.97. The summed E-state index contributed by atoms with van der Waals surface area (Å²) >= 11 is 0. The van der Waals surface area contributed by atoms with Crippen LogP contribution in [0.5, 0.6) is 5.75 Å². The zero-order valence-electron chi connectivity index (χ0n) is 9.93. The fourth-order valence-corrected chi connectivity index (χ4v) is 1.55. The van der Waals surface area contributed by atoms with Crippen LogP contribution in [0.2, 0.25) is 0 Å². The Balaban J connectivity index is 2.01. The van der Waals surface area contributed by atoms with Crippen molar-refractivity contribution in [1.29, 1.82) is 0 Å². The number of hydrogen-bond acceptors (Lipinski definition) is 4. The van der Waals surface area contributed by atoms with Crippen LogP contribution in [0.4, 0.5) is 4.79 Å². The predicted molar refractivity (Wildman–Crippen MR) is 69.4 cm³/mol. The van der Waals surface area contributed by atoms with Crippen LogP contribution in [0.25, 0.3) is 10.9 Å². The summed E-state index contributed by atoms with van der Waals surface area (Å²) in [6.07, 6.45) is 1.99. The second-order valence-electron chi connectivity index (χ2n) is 3.82. The van der Waals surface area contributed by atoms with E-state index in [2.05, 4.69) is 10.3 Å². The first kappa shape index (κ1) is 12.3. The molecule has 1 aromatic carbocycles. The Hall–Kier alpha value is -2.14. The maximum absolute atomic E-state index is 11.4. The van der Waals surface area contributed by atoms with Crippen molar-refractivity contribution in [3.63, 3.8) is 0 Å². The Labute approximate surface area is 105 Å². The number of hydrogen-bond donors (Lipinski definition) is 2. The first-order chi connectivity index (χ1) is 8.79. The highest BCUT2D eigenvalue weighted by Gasteiger charge is 2.04. The standard InChI is InChI=1S/C13H15N3O2/c14-6-2-8-16-13(17)18-11-4-5-12-10(9-11)3-1-7-15-12/h1,3-5,7,9H,2,6,8,14H2,(H,16,17). The third-order valence-corrected chi connectivity index (χ3v) is 2.44. The van der Waals surface area contributed by atoms with Crippen molar-refractivity contribution in [3.05, 3.63) is 36.5 Å². The van der Waals surface area contributed by atoms with Crippen molar-refractivity contribution >= 4 is 17.0 Å². The van der Waals surface area contributed by atoms with Gasteiger partial charge in [-0.25, -0.2) is 4.79 Å². The van der Waals surface area contributed by atoms with Crippen molar-refractivity contribution < 1.29 is 9.53 Å². The van der Waals surface area contributed by atoms with Crippen LogP contribution in [0, 0.1) is 0 Å². The molecule has 3 N–H and O–H groups in total. The van der Waals surface area contributed by atoms with Crippen molar-refractivity contribution in [2.75, 3.05) is 13.1 Å². The lowest BCUT2D eigenvalue weighted by molar-refractivity contribution is 0.200. The Kier molecular flexibility index (Phi) is 4.09. The third-order valence-electron chi connectivity index (χ3n) is 2.44. The lowest BCUT2D eigenvalue weighted by Gasteiger charge is -2.06. The van der Waals surface area contributed by atoms with Gasteiger partial charge in [0.2, 0.25) is 0 Å². The van der Waals surface area contributed by atoms with E-state index in [1.165, 1.54) is 0 Å². The highest BCUT2D eigenvalue weighted by molar-refractivity contribution is 5.81. The van der Waals surface area contributed by atoms with Gasteiger partial charge in [-0.2, -0.15) is 0 Å². The molecule has 0 radical (unpaired) electrons. The maximum atomic E-state index is 11.4. The molecule has 0 saturated carbocycles. The van der Waals surface area contributed by atoms with Gasteiger partial charge in [0.1, 0.15) is 5.75 Å². The molecule has 94 valence electrons. The molecule has 2 aromatic rings. The molecule has 1 aromatic heterocycles. The summed E-state index contributed by atoms with van der Waals surface area (Å²) < 4.78 is 5.15. The van der Waals surface area contributed by atoms with E-state index in [-0.39, 0.29) is 0 Å². The molecule has 0 unspecified atom stereocenters. The number of nitrogens with one attached hydrogen (secondary N) is 1. The van der Waals surface area contributed by atoms with Crippen molar-refractivity contribution in [3.8, 4) is 5.75 Å². The topological polar surface area (TPSA) is 77.2 Å². The van der Waals surface area contributed by atoms with Crippen LogP contribution < -0.4 is 15.8 Å². The van der Waals surface area contributed by atoms with Gasteiger partial charge in [0.05, 0.1) is 5.52 Å². The number of aromatic nitrogens is 1. The number of benzene rings is 1. The molecule has 0 aliphatic carbocycles. The molecule has 0 aliphatic rings. The highest BCUT2D eigenvalue weighted by atomic mass is 16.5. The van der Waals surface area contributed by atoms with Crippen LogP contribution in [0.1, 0.15) is 6.42 Å². The van der Waals surface area contributed by atoms with Gasteiger partial charge in [-0.05, 0) is 37.2 Å². The van der Waals surface area contributed by atoms with E-state index in [1.54, 1.807) is 18.3 Å². The minimum absolute atomic E-state index is 0.466. The molecule has 0 bridgehead atoms. The summed E-state index contributed by atoms with van der Waals surface area (Å²) in [5.41, 5.74) is 6.20. The molecule has 18 heavy (non-hydrogen) atoms. The number of ether oxygens (including phenoxy) is 1. The number of carbonyl (C=O) groups excluding carboxylic acids is 1. The lowest BCUT2D eigenvalue weighted by Crippen LogP contribution is -2.28. The molecule has 0 fully saturated rings. The van der Waals surface area contributed by atoms with E-state index in [0.29, 0.717) is 18.8 Å². The summed E-state index contributed by atoms with van der Waals surface area (Å²) in [6, 6.07) is 9.08. The minimum Gasteiger partial charge on any atom is -0.410 e. The number of fused-ring (bicyclic) bond motifs is 1. The zero-order chi connectivity index (χ0) is 12.8. The predicted octanol–water partition coefficient (Wildman–Crippen LogP) is 1.67. The normalized spacial score (nSPS) is 10.3. The van der Waals surface area contributed by atoms with Gasteiger partial charge in [-0.3, -0.25) is 4.98 Å². The van der Waals surface area contributed by atoms with E-state index < -0.39 is 6.09 Å². The van der Waals surface area contributed by atoms with Gasteiger partial charge >= 0.3 is 6.09 Å². The first-order valence-corrected chi connectivity index (χ1v) is 5.80. The average Bonchev–Trinajstić information content (AvgIpc) is 2.39. The first-order valence-electron chi connectivity index (χ1n) is 5.80. The smallest absolute Gasteiger partial charge is 0.410 e. The van der Waals surface area contributed by atoms with Crippen LogP contribution in [0.3, 0.4) is 0 Å². The largest absolute Gasteiger partial charge is 0.412 e. The van der Waals surface area contributed by atoms with Gasteiger partial charge in [-0.1, -0.05) is 6.07 Å². The van der Waals surface area contributed by atoms with Gasteiger partial charge in [0, 0.05) is 18.1 Å². The van der Waals surface area contributed by atoms with E-state index in [4.69, 9.17) is 10.5 Å². The molecule has 0 spiro atoms. The number of pyridine rings is 1. The van der Waals surface area contributed by atoms with E-state index in [1.807, 2.05) is 18.2 Å². The maximum Gasteiger partial charge on any atom is 0.412 e.